The third-order valence-electron chi connectivity index (χ3n) is 3.26. The number of cyclic esters (lactones) is 1. The zero-order chi connectivity index (χ0) is 15.0. The van der Waals surface area contributed by atoms with Crippen LogP contribution in [-0.4, -0.2) is 21.3 Å². The van der Waals surface area contributed by atoms with Crippen LogP contribution in [0.2, 0.25) is 0 Å². The van der Waals surface area contributed by atoms with Gasteiger partial charge >= 0.3 is 5.97 Å². The van der Waals surface area contributed by atoms with Crippen LogP contribution in [0, 0.1) is 0 Å². The zero-order valence-electron chi connectivity index (χ0n) is 10.9. The Morgan fingerprint density at radius 3 is 2.43 bits per heavy atom. The summed E-state index contributed by atoms with van der Waals surface area (Å²) in [6, 6.07) is 7.35. The summed E-state index contributed by atoms with van der Waals surface area (Å²) >= 11 is 0. The molecule has 1 aliphatic heterocycles. The van der Waals surface area contributed by atoms with Crippen molar-refractivity contribution >= 4 is 18.1 Å². The van der Waals surface area contributed by atoms with E-state index in [1.54, 1.807) is 18.2 Å². The van der Waals surface area contributed by atoms with Crippen LogP contribution in [0.3, 0.4) is 0 Å². The van der Waals surface area contributed by atoms with Gasteiger partial charge in [-0.3, -0.25) is 0 Å². The second kappa shape index (κ2) is 4.86. The Bertz CT molecular complexity index is 741. The van der Waals surface area contributed by atoms with Crippen LogP contribution in [0.15, 0.2) is 30.3 Å². The molecule has 21 heavy (non-hydrogen) atoms. The fourth-order valence-electron chi connectivity index (χ4n) is 2.30. The summed E-state index contributed by atoms with van der Waals surface area (Å²) in [4.78, 5) is 11.5. The van der Waals surface area contributed by atoms with E-state index in [0.29, 0.717) is 11.1 Å². The highest BCUT2D eigenvalue weighted by atomic mass is 16.5. The average molecular weight is 284 g/mol. The Morgan fingerprint density at radius 2 is 1.71 bits per heavy atom. The normalized spacial score (nSPS) is 13.4. The van der Waals surface area contributed by atoms with Gasteiger partial charge in [-0.1, -0.05) is 18.2 Å². The van der Waals surface area contributed by atoms with E-state index in [1.807, 2.05) is 0 Å². The molecule has 0 fully saturated rings. The van der Waals surface area contributed by atoms with Crippen molar-refractivity contribution in [3.05, 3.63) is 52.6 Å². The van der Waals surface area contributed by atoms with E-state index in [4.69, 9.17) is 4.74 Å². The van der Waals surface area contributed by atoms with Crippen molar-refractivity contribution in [3.8, 4) is 17.2 Å². The van der Waals surface area contributed by atoms with E-state index in [-0.39, 0.29) is 29.4 Å². The van der Waals surface area contributed by atoms with E-state index in [0.717, 1.165) is 5.56 Å². The van der Waals surface area contributed by atoms with Gasteiger partial charge in [0.25, 0.3) is 0 Å². The van der Waals surface area contributed by atoms with Crippen molar-refractivity contribution in [3.63, 3.8) is 0 Å². The fraction of sp³-hybridized carbons (Fsp3) is 0.0625. The lowest BCUT2D eigenvalue weighted by atomic mass is 10.0. The lowest BCUT2D eigenvalue weighted by Gasteiger charge is -2.03. The first-order valence-electron chi connectivity index (χ1n) is 6.27. The molecule has 3 rings (SSSR count). The van der Waals surface area contributed by atoms with Gasteiger partial charge in [-0.05, 0) is 29.3 Å². The number of aromatic hydroxyl groups is 3. The molecule has 2 aromatic carbocycles. The lowest BCUT2D eigenvalue weighted by Crippen LogP contribution is -1.94. The van der Waals surface area contributed by atoms with Crippen molar-refractivity contribution in [2.45, 2.75) is 6.61 Å². The van der Waals surface area contributed by atoms with E-state index in [2.05, 4.69) is 0 Å². The van der Waals surface area contributed by atoms with Gasteiger partial charge < -0.3 is 20.1 Å². The van der Waals surface area contributed by atoms with Crippen LogP contribution >= 0.6 is 0 Å². The Balaban J connectivity index is 1.99. The number of ether oxygens (including phenoxy) is 1. The molecule has 1 heterocycles. The highest BCUT2D eigenvalue weighted by molar-refractivity contribution is 5.97. The largest absolute Gasteiger partial charge is 0.508 e. The maximum atomic E-state index is 11.5. The number of hydrogen-bond donors (Lipinski definition) is 3. The highest BCUT2D eigenvalue weighted by Crippen LogP contribution is 2.32. The molecule has 5 heteroatoms. The average Bonchev–Trinajstić information content (AvgIpc) is 2.80. The Morgan fingerprint density at radius 1 is 1.00 bits per heavy atom. The summed E-state index contributed by atoms with van der Waals surface area (Å²) in [5.41, 5.74) is 2.16. The third kappa shape index (κ3) is 2.41. The van der Waals surface area contributed by atoms with Gasteiger partial charge in [-0.2, -0.15) is 0 Å². The minimum absolute atomic E-state index is 0.0379. The monoisotopic (exact) mass is 284 g/mol. The van der Waals surface area contributed by atoms with Gasteiger partial charge in [0.15, 0.2) is 0 Å². The Kier molecular flexibility index (Phi) is 3.02. The number of rotatable bonds is 2. The number of hydrogen-bond acceptors (Lipinski definition) is 5. The van der Waals surface area contributed by atoms with Crippen molar-refractivity contribution < 1.29 is 24.9 Å². The van der Waals surface area contributed by atoms with Crippen molar-refractivity contribution in [1.29, 1.82) is 0 Å². The number of carbonyl (C=O) groups is 1. The summed E-state index contributed by atoms with van der Waals surface area (Å²) < 4.78 is 4.92. The SMILES string of the molecule is O=C1OCc2c(/C=C/c3cc(O)cc(O)c3)ccc(O)c21. The van der Waals surface area contributed by atoms with E-state index < -0.39 is 5.97 Å². The number of carbonyl (C=O) groups excluding carboxylic acids is 1. The maximum Gasteiger partial charge on any atom is 0.342 e. The van der Waals surface area contributed by atoms with Crippen LogP contribution in [0.25, 0.3) is 12.2 Å². The van der Waals surface area contributed by atoms with Crippen molar-refractivity contribution in [2.24, 2.45) is 0 Å². The molecule has 0 saturated carbocycles. The first kappa shape index (κ1) is 13.1. The molecule has 0 bridgehead atoms. The second-order valence-corrected chi connectivity index (χ2v) is 4.72. The number of esters is 1. The van der Waals surface area contributed by atoms with Crippen LogP contribution in [-0.2, 0) is 11.3 Å². The minimum atomic E-state index is -0.534. The number of phenolic OH excluding ortho intramolecular Hbond substituents is 3. The summed E-state index contributed by atoms with van der Waals surface area (Å²) in [5.74, 6) is -0.708. The van der Waals surface area contributed by atoms with Gasteiger partial charge in [0.05, 0.1) is 0 Å². The second-order valence-electron chi connectivity index (χ2n) is 4.72. The molecule has 0 spiro atoms. The molecule has 0 aromatic heterocycles. The summed E-state index contributed by atoms with van der Waals surface area (Å²) in [6.07, 6.45) is 3.42. The molecular weight excluding hydrogens is 272 g/mol. The summed E-state index contributed by atoms with van der Waals surface area (Å²) in [7, 11) is 0. The maximum absolute atomic E-state index is 11.5. The molecule has 0 radical (unpaired) electrons. The van der Waals surface area contributed by atoms with Crippen LogP contribution in [0.1, 0.15) is 27.0 Å². The zero-order valence-corrected chi connectivity index (χ0v) is 10.9. The van der Waals surface area contributed by atoms with Crippen molar-refractivity contribution in [1.82, 2.24) is 0 Å². The van der Waals surface area contributed by atoms with E-state index >= 15 is 0 Å². The Labute approximate surface area is 120 Å². The standard InChI is InChI=1S/C16H12O5/c17-11-5-9(6-12(18)7-11)1-2-10-3-4-14(19)15-13(10)8-21-16(15)20/h1-7,17-19H,8H2/b2-1+. The topological polar surface area (TPSA) is 87.0 Å². The highest BCUT2D eigenvalue weighted by Gasteiger charge is 2.26. The van der Waals surface area contributed by atoms with Crippen LogP contribution < -0.4 is 0 Å². The molecule has 106 valence electrons. The molecule has 1 aliphatic rings. The molecule has 5 nitrogen and oxygen atoms in total. The van der Waals surface area contributed by atoms with E-state index in [9.17, 15) is 20.1 Å². The van der Waals surface area contributed by atoms with Gasteiger partial charge in [-0.15, -0.1) is 0 Å². The molecule has 0 amide bonds. The predicted molar refractivity (Wildman–Crippen MR) is 75.9 cm³/mol. The first-order chi connectivity index (χ1) is 10.0. The number of fused-ring (bicyclic) bond motifs is 1. The molecule has 0 unspecified atom stereocenters. The molecule has 0 atom stereocenters. The van der Waals surface area contributed by atoms with Crippen molar-refractivity contribution in [2.75, 3.05) is 0 Å². The van der Waals surface area contributed by atoms with Crippen LogP contribution in [0.5, 0.6) is 17.2 Å². The first-order valence-corrected chi connectivity index (χ1v) is 6.27. The summed E-state index contributed by atoms with van der Waals surface area (Å²) in [5, 5.41) is 28.5. The number of phenols is 3. The molecule has 2 aromatic rings. The third-order valence-corrected chi connectivity index (χ3v) is 3.26. The molecule has 0 aliphatic carbocycles. The summed E-state index contributed by atoms with van der Waals surface area (Å²) in [6.45, 7) is 0.119. The van der Waals surface area contributed by atoms with Crippen LogP contribution in [0.4, 0.5) is 0 Å². The minimum Gasteiger partial charge on any atom is -0.508 e. The van der Waals surface area contributed by atoms with Gasteiger partial charge in [0, 0.05) is 11.6 Å². The molecule has 3 N–H and O–H groups in total. The van der Waals surface area contributed by atoms with Gasteiger partial charge in [0.2, 0.25) is 0 Å². The van der Waals surface area contributed by atoms with Gasteiger partial charge in [0.1, 0.15) is 29.4 Å². The predicted octanol–water partition coefficient (Wildman–Crippen LogP) is 2.64. The van der Waals surface area contributed by atoms with E-state index in [1.165, 1.54) is 24.3 Å². The fourth-order valence-corrected chi connectivity index (χ4v) is 2.30. The number of benzene rings is 2. The lowest BCUT2D eigenvalue weighted by molar-refractivity contribution is 0.0533. The molecular formula is C16H12O5. The smallest absolute Gasteiger partial charge is 0.342 e. The Hall–Kier alpha value is -2.95. The molecule has 0 saturated heterocycles. The van der Waals surface area contributed by atoms with Gasteiger partial charge in [-0.25, -0.2) is 4.79 Å². The quantitative estimate of drug-likeness (QED) is 0.583.